The fraction of sp³-hybridized carbons (Fsp3) is 0.429. The van der Waals surface area contributed by atoms with Gasteiger partial charge in [-0.15, -0.1) is 11.3 Å². The van der Waals surface area contributed by atoms with Gasteiger partial charge in [0.2, 0.25) is 5.91 Å². The molecular weight excluding hydrogens is 360 g/mol. The molecule has 2 N–H and O–H groups in total. The molecule has 0 spiro atoms. The van der Waals surface area contributed by atoms with Gasteiger partial charge >= 0.3 is 0 Å². The van der Waals surface area contributed by atoms with Crippen LogP contribution in [0.25, 0.3) is 0 Å². The predicted octanol–water partition coefficient (Wildman–Crippen LogP) is 3.87. The highest BCUT2D eigenvalue weighted by Gasteiger charge is 2.20. The lowest BCUT2D eigenvalue weighted by Gasteiger charge is -2.09. The lowest BCUT2D eigenvalue weighted by Crippen LogP contribution is -2.27. The van der Waals surface area contributed by atoms with E-state index in [4.69, 9.17) is 4.74 Å². The Balaban J connectivity index is 1.37. The van der Waals surface area contributed by atoms with Crippen molar-refractivity contribution in [3.05, 3.63) is 52.2 Å². The second-order valence-corrected chi connectivity index (χ2v) is 7.87. The first-order chi connectivity index (χ1) is 13.2. The topological polar surface area (TPSA) is 67.4 Å². The monoisotopic (exact) mass is 386 g/mol. The molecule has 5 nitrogen and oxygen atoms in total. The fourth-order valence-corrected chi connectivity index (χ4v) is 3.46. The summed E-state index contributed by atoms with van der Waals surface area (Å²) >= 11 is 1.71. The first-order valence-corrected chi connectivity index (χ1v) is 10.4. The molecule has 1 aromatic heterocycles. The minimum Gasteiger partial charge on any atom is -0.379 e. The van der Waals surface area contributed by atoms with E-state index >= 15 is 0 Å². The molecule has 1 heterocycles. The van der Waals surface area contributed by atoms with E-state index in [-0.39, 0.29) is 11.8 Å². The number of nitrogens with one attached hydrogen (secondary N) is 2. The lowest BCUT2D eigenvalue weighted by atomic mass is 10.1. The van der Waals surface area contributed by atoms with Gasteiger partial charge in [-0.3, -0.25) is 9.59 Å². The molecule has 27 heavy (non-hydrogen) atoms. The third-order valence-electron chi connectivity index (χ3n) is 4.40. The number of ether oxygens (including phenoxy) is 1. The summed E-state index contributed by atoms with van der Waals surface area (Å²) in [5.41, 5.74) is 1.18. The van der Waals surface area contributed by atoms with Crippen LogP contribution in [0.15, 0.2) is 41.8 Å². The summed E-state index contributed by atoms with van der Waals surface area (Å²) < 4.78 is 5.51. The van der Waals surface area contributed by atoms with Crippen molar-refractivity contribution in [3.63, 3.8) is 0 Å². The molecule has 2 amide bonds. The summed E-state index contributed by atoms with van der Waals surface area (Å²) in [4.78, 5) is 25.6. The van der Waals surface area contributed by atoms with Crippen LogP contribution in [0.1, 0.15) is 40.9 Å². The van der Waals surface area contributed by atoms with Crippen LogP contribution in [0, 0.1) is 5.92 Å². The number of carbonyl (C=O) groups excluding carboxylic acids is 2. The van der Waals surface area contributed by atoms with Crippen LogP contribution < -0.4 is 10.6 Å². The maximum atomic E-state index is 12.2. The van der Waals surface area contributed by atoms with Crippen LogP contribution in [-0.2, 0) is 16.0 Å². The van der Waals surface area contributed by atoms with Gasteiger partial charge in [-0.2, -0.15) is 0 Å². The van der Waals surface area contributed by atoms with Gasteiger partial charge < -0.3 is 15.4 Å². The highest BCUT2D eigenvalue weighted by Crippen LogP contribution is 2.28. The van der Waals surface area contributed by atoms with Crippen LogP contribution in [0.3, 0.4) is 0 Å². The average molecular weight is 387 g/mol. The highest BCUT2D eigenvalue weighted by molar-refractivity contribution is 7.09. The molecule has 0 radical (unpaired) electrons. The van der Waals surface area contributed by atoms with Gasteiger partial charge in [0.05, 0.1) is 6.61 Å². The number of rotatable bonds is 11. The van der Waals surface area contributed by atoms with Crippen LogP contribution >= 0.6 is 11.3 Å². The second kappa shape index (κ2) is 10.2. The highest BCUT2D eigenvalue weighted by atomic mass is 32.1. The Hall–Kier alpha value is -2.18. The molecule has 0 bridgehead atoms. The quantitative estimate of drug-likeness (QED) is 0.576. The number of carbonyl (C=O) groups is 2. The van der Waals surface area contributed by atoms with Crippen molar-refractivity contribution >= 4 is 28.8 Å². The van der Waals surface area contributed by atoms with Crippen molar-refractivity contribution in [1.29, 1.82) is 0 Å². The third kappa shape index (κ3) is 7.15. The number of hydrogen-bond donors (Lipinski definition) is 2. The van der Waals surface area contributed by atoms with Crippen molar-refractivity contribution < 1.29 is 14.3 Å². The van der Waals surface area contributed by atoms with Crippen LogP contribution in [0.2, 0.25) is 0 Å². The Labute approximate surface area is 164 Å². The molecule has 1 fully saturated rings. The molecule has 0 aliphatic heterocycles. The van der Waals surface area contributed by atoms with Crippen molar-refractivity contribution in [2.75, 3.05) is 25.1 Å². The van der Waals surface area contributed by atoms with Crippen molar-refractivity contribution in [3.8, 4) is 0 Å². The van der Waals surface area contributed by atoms with Crippen molar-refractivity contribution in [2.45, 2.75) is 32.1 Å². The summed E-state index contributed by atoms with van der Waals surface area (Å²) in [5.74, 6) is 0.544. The van der Waals surface area contributed by atoms with Gasteiger partial charge in [-0.25, -0.2) is 0 Å². The summed E-state index contributed by atoms with van der Waals surface area (Å²) in [7, 11) is 0. The van der Waals surface area contributed by atoms with Crippen molar-refractivity contribution in [2.24, 2.45) is 5.92 Å². The fourth-order valence-electron chi connectivity index (χ4n) is 2.71. The first kappa shape index (κ1) is 19.6. The SMILES string of the molecule is O=C(CCCc1cccs1)Nc1cccc(C(=O)NCCOCC2CC2)c1. The predicted molar refractivity (Wildman–Crippen MR) is 108 cm³/mol. The summed E-state index contributed by atoms with van der Waals surface area (Å²) in [5, 5.41) is 7.77. The Bertz CT molecular complexity index is 742. The second-order valence-electron chi connectivity index (χ2n) is 6.84. The van der Waals surface area contributed by atoms with Gasteiger partial charge in [-0.1, -0.05) is 12.1 Å². The molecule has 0 saturated heterocycles. The van der Waals surface area contributed by atoms with E-state index < -0.39 is 0 Å². The van der Waals surface area contributed by atoms with Gasteiger partial charge in [0, 0.05) is 35.7 Å². The van der Waals surface area contributed by atoms with E-state index in [0.717, 1.165) is 25.4 Å². The number of aryl methyl sites for hydroxylation is 1. The molecule has 2 aromatic rings. The largest absolute Gasteiger partial charge is 0.379 e. The average Bonchev–Trinajstić information content (AvgIpc) is 3.34. The van der Waals surface area contributed by atoms with Gasteiger partial charge in [-0.05, 0) is 61.2 Å². The number of hydrogen-bond acceptors (Lipinski definition) is 4. The van der Waals surface area contributed by atoms with E-state index in [2.05, 4.69) is 16.7 Å². The zero-order valence-electron chi connectivity index (χ0n) is 15.4. The summed E-state index contributed by atoms with van der Waals surface area (Å²) in [6.07, 6.45) is 4.72. The van der Waals surface area contributed by atoms with E-state index in [0.29, 0.717) is 30.8 Å². The smallest absolute Gasteiger partial charge is 0.251 e. The molecule has 144 valence electrons. The van der Waals surface area contributed by atoms with Gasteiger partial charge in [0.1, 0.15) is 0 Å². The van der Waals surface area contributed by atoms with Gasteiger partial charge in [0.25, 0.3) is 5.91 Å². The number of thiophene rings is 1. The number of amides is 2. The van der Waals surface area contributed by atoms with E-state index in [1.165, 1.54) is 17.7 Å². The molecule has 0 atom stereocenters. The zero-order chi connectivity index (χ0) is 18.9. The number of anilines is 1. The van der Waals surface area contributed by atoms with E-state index in [1.54, 1.807) is 35.6 Å². The zero-order valence-corrected chi connectivity index (χ0v) is 16.2. The van der Waals surface area contributed by atoms with E-state index in [9.17, 15) is 9.59 Å². The maximum absolute atomic E-state index is 12.2. The standard InChI is InChI=1S/C21H26N2O3S/c24-20(8-2-6-19-7-3-13-27-19)23-18-5-1-4-17(14-18)21(25)22-11-12-26-15-16-9-10-16/h1,3-5,7,13-14,16H,2,6,8-12,15H2,(H,22,25)(H,23,24). The van der Waals surface area contributed by atoms with E-state index in [1.807, 2.05) is 11.4 Å². The van der Waals surface area contributed by atoms with Crippen molar-refractivity contribution in [1.82, 2.24) is 5.32 Å². The van der Waals surface area contributed by atoms with Crippen LogP contribution in [0.5, 0.6) is 0 Å². The molecule has 3 rings (SSSR count). The molecule has 1 aromatic carbocycles. The van der Waals surface area contributed by atoms with Crippen LogP contribution in [0.4, 0.5) is 5.69 Å². The van der Waals surface area contributed by atoms with Gasteiger partial charge in [0.15, 0.2) is 0 Å². The molecule has 0 unspecified atom stereocenters. The minimum absolute atomic E-state index is 0.0300. The lowest BCUT2D eigenvalue weighted by molar-refractivity contribution is -0.116. The Kier molecular flexibility index (Phi) is 7.42. The summed E-state index contributed by atoms with van der Waals surface area (Å²) in [6, 6.07) is 11.1. The number of benzene rings is 1. The normalized spacial score (nSPS) is 13.3. The summed E-state index contributed by atoms with van der Waals surface area (Å²) in [6.45, 7) is 1.82. The molecule has 1 aliphatic rings. The maximum Gasteiger partial charge on any atom is 0.251 e. The Morgan fingerprint density at radius 2 is 2.07 bits per heavy atom. The molecule has 1 aliphatic carbocycles. The Morgan fingerprint density at radius 1 is 1.19 bits per heavy atom. The Morgan fingerprint density at radius 3 is 2.85 bits per heavy atom. The van der Waals surface area contributed by atoms with Crippen LogP contribution in [-0.4, -0.2) is 31.6 Å². The molecule has 1 saturated carbocycles. The first-order valence-electron chi connectivity index (χ1n) is 9.49. The third-order valence-corrected chi connectivity index (χ3v) is 5.33. The molecular formula is C21H26N2O3S. The minimum atomic E-state index is -0.154. The molecule has 6 heteroatoms.